The first-order valence-corrected chi connectivity index (χ1v) is 25.5. The first-order chi connectivity index (χ1) is 33.7. The van der Waals surface area contributed by atoms with Gasteiger partial charge in [-0.05, 0) is 88.4 Å². The quantitative estimate of drug-likeness (QED) is 0.0476. The molecule has 4 N–H and O–H groups in total. The van der Waals surface area contributed by atoms with Crippen molar-refractivity contribution >= 4 is 57.7 Å². The molecular formula is C55H65ClN6O7S. The van der Waals surface area contributed by atoms with Crippen LogP contribution in [0, 0.1) is 12.3 Å². The molecule has 2 saturated heterocycles. The van der Waals surface area contributed by atoms with Gasteiger partial charge in [-0.3, -0.25) is 24.1 Å². The average molecular weight is 990 g/mol. The minimum absolute atomic E-state index is 0.0137. The van der Waals surface area contributed by atoms with Crippen molar-refractivity contribution in [3.8, 4) is 21.9 Å². The Balaban J connectivity index is 0.839. The van der Waals surface area contributed by atoms with Gasteiger partial charge in [-0.2, -0.15) is 0 Å². The number of phenolic OH excluding ortho intramolecular Hbond substituents is 1. The van der Waals surface area contributed by atoms with E-state index < -0.39 is 29.5 Å². The number of aromatic nitrogens is 1. The second-order valence-corrected chi connectivity index (χ2v) is 20.3. The molecule has 15 heteroatoms. The molecule has 0 spiro atoms. The average Bonchev–Trinajstić information content (AvgIpc) is 3.98. The van der Waals surface area contributed by atoms with Gasteiger partial charge in [-0.25, -0.2) is 4.98 Å². The Bertz CT molecular complexity index is 2570. The number of nitrogens with zero attached hydrogens (tertiary/aromatic N) is 4. The lowest BCUT2D eigenvalue weighted by Gasteiger charge is -2.35. The highest BCUT2D eigenvalue weighted by atomic mass is 35.5. The summed E-state index contributed by atoms with van der Waals surface area (Å²) < 4.78 is 6.18. The second-order valence-electron chi connectivity index (χ2n) is 19.1. The molecule has 70 heavy (non-hydrogen) atoms. The van der Waals surface area contributed by atoms with Gasteiger partial charge < -0.3 is 35.4 Å². The Morgan fingerprint density at radius 2 is 1.53 bits per heavy atom. The van der Waals surface area contributed by atoms with Crippen molar-refractivity contribution < 1.29 is 34.1 Å². The fraction of sp³-hybridized carbons (Fsp3) is 0.400. The molecule has 7 rings (SSSR count). The van der Waals surface area contributed by atoms with Crippen LogP contribution in [0.25, 0.3) is 21.6 Å². The summed E-state index contributed by atoms with van der Waals surface area (Å²) in [6.45, 7) is 11.5. The topological polar surface area (TPSA) is 165 Å². The van der Waals surface area contributed by atoms with Crippen LogP contribution in [0.5, 0.6) is 11.5 Å². The number of nitrogens with one attached hydrogen (secondary N) is 2. The number of aliphatic hydroxyl groups is 1. The molecule has 4 amide bonds. The maximum absolute atomic E-state index is 14.1. The van der Waals surface area contributed by atoms with Crippen LogP contribution in [0.2, 0.25) is 0 Å². The standard InChI is InChI=1S/C55H65ClN6O7S/c1-37-51(70-36-58-37)42-15-13-38(14-16-42)34-57-53(67)47-33-44(64)35-62(47)54(68)52(55(2,3)4)59-48(65)11-8-12-49(66)61-29-27-60(28-30-61)31-32-69-45-23-19-41(20-24-45)50(40-17-21-43(63)22-18-40)46(25-26-56)39-9-6-5-7-10-39/h5-7,9-10,13-24,36,44,47,52,63-64H,8,11-12,25-35H2,1-4H3,(H,57,67)(H,59,65)/t44-,47+,52?/m1/s1. The molecule has 0 bridgehead atoms. The summed E-state index contributed by atoms with van der Waals surface area (Å²) in [4.78, 5) is 65.1. The molecule has 3 heterocycles. The number of hydrogen-bond acceptors (Lipinski definition) is 10. The molecule has 2 aliphatic rings. The molecule has 3 atom stereocenters. The maximum Gasteiger partial charge on any atom is 0.246 e. The van der Waals surface area contributed by atoms with Gasteiger partial charge in [0.2, 0.25) is 23.6 Å². The van der Waals surface area contributed by atoms with Crippen LogP contribution in [-0.4, -0.2) is 123 Å². The molecule has 0 aliphatic carbocycles. The van der Waals surface area contributed by atoms with E-state index in [-0.39, 0.29) is 55.8 Å². The molecule has 13 nitrogen and oxygen atoms in total. The lowest BCUT2D eigenvalue weighted by molar-refractivity contribution is -0.144. The Morgan fingerprint density at radius 1 is 0.857 bits per heavy atom. The first-order valence-electron chi connectivity index (χ1n) is 24.1. The molecule has 370 valence electrons. The van der Waals surface area contributed by atoms with E-state index in [1.165, 1.54) is 4.90 Å². The van der Waals surface area contributed by atoms with Crippen molar-refractivity contribution in [1.29, 1.82) is 0 Å². The molecule has 2 aliphatic heterocycles. The minimum Gasteiger partial charge on any atom is -0.508 e. The van der Waals surface area contributed by atoms with Gasteiger partial charge in [0, 0.05) is 71.0 Å². The number of phenols is 1. The summed E-state index contributed by atoms with van der Waals surface area (Å²) >= 11 is 7.90. The third kappa shape index (κ3) is 13.6. The number of likely N-dealkylation sites (tertiary alicyclic amines) is 1. The highest BCUT2D eigenvalue weighted by Gasteiger charge is 2.44. The van der Waals surface area contributed by atoms with E-state index in [0.29, 0.717) is 58.1 Å². The zero-order valence-corrected chi connectivity index (χ0v) is 42.1. The van der Waals surface area contributed by atoms with E-state index in [0.717, 1.165) is 55.3 Å². The largest absolute Gasteiger partial charge is 0.508 e. The molecule has 1 unspecified atom stereocenters. The molecule has 0 radical (unpaired) electrons. The third-order valence-electron chi connectivity index (χ3n) is 13.0. The van der Waals surface area contributed by atoms with Crippen LogP contribution in [0.3, 0.4) is 0 Å². The number of β-amino-alcohol motifs (C(OH)–C–C–N with tert-alkyl or cyclic N) is 1. The number of halogens is 1. The minimum atomic E-state index is -0.948. The Morgan fingerprint density at radius 3 is 2.16 bits per heavy atom. The van der Waals surface area contributed by atoms with Crippen molar-refractivity contribution in [2.75, 3.05) is 51.8 Å². The molecule has 5 aromatic rings. The van der Waals surface area contributed by atoms with Gasteiger partial charge in [-0.1, -0.05) is 99.6 Å². The number of hydrogen-bond donors (Lipinski definition) is 4. The smallest absolute Gasteiger partial charge is 0.246 e. The zero-order valence-electron chi connectivity index (χ0n) is 40.5. The fourth-order valence-electron chi connectivity index (χ4n) is 9.09. The molecule has 4 aromatic carbocycles. The van der Waals surface area contributed by atoms with Crippen molar-refractivity contribution in [3.05, 3.63) is 137 Å². The summed E-state index contributed by atoms with van der Waals surface area (Å²) in [6, 6.07) is 31.5. The number of aromatic hydroxyl groups is 1. The maximum atomic E-state index is 14.1. The van der Waals surface area contributed by atoms with E-state index >= 15 is 0 Å². The monoisotopic (exact) mass is 988 g/mol. The lowest BCUT2D eigenvalue weighted by Crippen LogP contribution is -2.57. The van der Waals surface area contributed by atoms with Crippen LogP contribution in [-0.2, 0) is 25.7 Å². The zero-order chi connectivity index (χ0) is 49.8. The number of thiazole rings is 1. The summed E-state index contributed by atoms with van der Waals surface area (Å²) in [5.74, 6) is 0.259. The summed E-state index contributed by atoms with van der Waals surface area (Å²) in [5.41, 5.74) is 9.27. The van der Waals surface area contributed by atoms with Gasteiger partial charge in [-0.15, -0.1) is 22.9 Å². The first kappa shape index (κ1) is 51.8. The van der Waals surface area contributed by atoms with E-state index in [9.17, 15) is 29.4 Å². The number of carbonyl (C=O) groups is 4. The number of carbonyl (C=O) groups excluding carboxylic acids is 4. The van der Waals surface area contributed by atoms with E-state index in [1.54, 1.807) is 23.5 Å². The Hall–Kier alpha value is -6.06. The van der Waals surface area contributed by atoms with Gasteiger partial charge >= 0.3 is 0 Å². The molecule has 0 saturated carbocycles. The van der Waals surface area contributed by atoms with Gasteiger partial charge in [0.1, 0.15) is 30.2 Å². The summed E-state index contributed by atoms with van der Waals surface area (Å²) in [6.07, 6.45) is 0.489. The molecule has 2 fully saturated rings. The number of amides is 4. The van der Waals surface area contributed by atoms with Crippen LogP contribution in [0.4, 0.5) is 0 Å². The SMILES string of the molecule is Cc1ncsc1-c1ccc(CNC(=O)[C@@H]2C[C@@H](O)CN2C(=O)C(NC(=O)CCCC(=O)N2CCN(CCOc3ccc(C(=C(CCCl)c4ccccc4)c4ccc(O)cc4)cc3)CC2)C(C)(C)C)cc1. The van der Waals surface area contributed by atoms with Crippen LogP contribution in [0.1, 0.15) is 80.8 Å². The number of allylic oxidation sites excluding steroid dienone is 1. The van der Waals surface area contributed by atoms with Crippen LogP contribution < -0.4 is 15.4 Å². The second kappa shape index (κ2) is 24.2. The number of ether oxygens (including phenoxy) is 1. The molecule has 1 aromatic heterocycles. The van der Waals surface area contributed by atoms with Crippen LogP contribution >= 0.6 is 22.9 Å². The van der Waals surface area contributed by atoms with Gasteiger partial charge in [0.05, 0.1) is 22.2 Å². The van der Waals surface area contributed by atoms with Crippen molar-refractivity contribution in [2.24, 2.45) is 5.41 Å². The highest BCUT2D eigenvalue weighted by Crippen LogP contribution is 2.36. The van der Waals surface area contributed by atoms with Crippen LogP contribution in [0.15, 0.2) is 109 Å². The van der Waals surface area contributed by atoms with Crippen molar-refractivity contribution in [2.45, 2.75) is 84.5 Å². The Labute approximate surface area is 420 Å². The van der Waals surface area contributed by atoms with E-state index in [2.05, 4.69) is 44.8 Å². The normalized spacial score (nSPS) is 17.2. The summed E-state index contributed by atoms with van der Waals surface area (Å²) in [5, 5.41) is 26.5. The lowest BCUT2D eigenvalue weighted by atomic mass is 9.85. The van der Waals surface area contributed by atoms with E-state index in [4.69, 9.17) is 16.3 Å². The number of piperazine rings is 1. The van der Waals surface area contributed by atoms with Crippen molar-refractivity contribution in [1.82, 2.24) is 30.3 Å². The fourth-order valence-corrected chi connectivity index (χ4v) is 10.1. The number of aliphatic hydroxyl groups excluding tert-OH is 1. The van der Waals surface area contributed by atoms with Crippen molar-refractivity contribution in [3.63, 3.8) is 0 Å². The highest BCUT2D eigenvalue weighted by molar-refractivity contribution is 7.13. The third-order valence-corrected chi connectivity index (χ3v) is 14.1. The predicted molar refractivity (Wildman–Crippen MR) is 276 cm³/mol. The number of rotatable bonds is 19. The van der Waals surface area contributed by atoms with Gasteiger partial charge in [0.15, 0.2) is 0 Å². The predicted octanol–water partition coefficient (Wildman–Crippen LogP) is 7.91. The number of benzene rings is 4. The summed E-state index contributed by atoms with van der Waals surface area (Å²) in [7, 11) is 0. The Kier molecular flexibility index (Phi) is 17.9. The van der Waals surface area contributed by atoms with E-state index in [1.807, 2.05) is 105 Å². The number of alkyl halides is 1. The molecular weight excluding hydrogens is 924 g/mol. The number of aryl methyl sites for hydroxylation is 1. The van der Waals surface area contributed by atoms with Gasteiger partial charge in [0.25, 0.3) is 0 Å².